The Morgan fingerprint density at radius 1 is 1.00 bits per heavy atom. The maximum absolute atomic E-state index is 4.55. The average molecular weight is 247 g/mol. The number of benzene rings is 1. The number of nitrogens with zero attached hydrogens (tertiary/aromatic N) is 3. The Morgan fingerprint density at radius 2 is 1.89 bits per heavy atom. The molecule has 0 saturated heterocycles. The molecule has 0 saturated carbocycles. The van der Waals surface area contributed by atoms with Crippen LogP contribution in [0.2, 0.25) is 0 Å². The second-order valence-corrected chi connectivity index (χ2v) is 4.65. The Labute approximate surface area is 111 Å². The highest BCUT2D eigenvalue weighted by Gasteiger charge is 2.16. The quantitative estimate of drug-likeness (QED) is 0.647. The molecular weight excluding hydrogens is 234 g/mol. The molecule has 1 aromatic carbocycles. The zero-order chi connectivity index (χ0) is 12.7. The lowest BCUT2D eigenvalue weighted by Crippen LogP contribution is -2.06. The molecule has 92 valence electrons. The lowest BCUT2D eigenvalue weighted by Gasteiger charge is -2.11. The van der Waals surface area contributed by atoms with Gasteiger partial charge in [-0.1, -0.05) is 24.3 Å². The van der Waals surface area contributed by atoms with E-state index < -0.39 is 0 Å². The van der Waals surface area contributed by atoms with Crippen molar-refractivity contribution in [2.45, 2.75) is 6.42 Å². The molecule has 2 aromatic heterocycles. The molecule has 0 bridgehead atoms. The van der Waals surface area contributed by atoms with E-state index in [2.05, 4.69) is 52.3 Å². The van der Waals surface area contributed by atoms with Crippen LogP contribution < -0.4 is 0 Å². The molecule has 3 nitrogen and oxygen atoms in total. The van der Waals surface area contributed by atoms with Crippen molar-refractivity contribution < 1.29 is 0 Å². The molecule has 0 radical (unpaired) electrons. The van der Waals surface area contributed by atoms with E-state index in [1.807, 2.05) is 29.1 Å². The largest absolute Gasteiger partial charge is 0.302 e. The summed E-state index contributed by atoms with van der Waals surface area (Å²) < 4.78 is 4.20. The van der Waals surface area contributed by atoms with Gasteiger partial charge in [-0.25, -0.2) is 4.68 Å². The molecule has 0 unspecified atom stereocenters. The first-order chi connectivity index (χ1) is 9.43. The average Bonchev–Trinajstić information content (AvgIpc) is 3.04. The fourth-order valence-electron chi connectivity index (χ4n) is 2.56. The van der Waals surface area contributed by atoms with Crippen LogP contribution >= 0.6 is 0 Å². The van der Waals surface area contributed by atoms with E-state index in [1.54, 1.807) is 0 Å². The van der Waals surface area contributed by atoms with Gasteiger partial charge in [-0.2, -0.15) is 5.10 Å². The van der Waals surface area contributed by atoms with Gasteiger partial charge in [-0.3, -0.25) is 0 Å². The second kappa shape index (κ2) is 3.99. The van der Waals surface area contributed by atoms with Gasteiger partial charge in [0.05, 0.1) is 11.9 Å². The van der Waals surface area contributed by atoms with Crippen molar-refractivity contribution in [2.75, 3.05) is 0 Å². The van der Waals surface area contributed by atoms with Gasteiger partial charge in [0.25, 0.3) is 0 Å². The number of hydrogen-bond donors (Lipinski definition) is 0. The van der Waals surface area contributed by atoms with E-state index in [-0.39, 0.29) is 0 Å². The molecule has 1 aliphatic rings. The predicted octanol–water partition coefficient (Wildman–Crippen LogP) is 3.23. The summed E-state index contributed by atoms with van der Waals surface area (Å²) in [4.78, 5) is 0. The van der Waals surface area contributed by atoms with E-state index in [4.69, 9.17) is 0 Å². The zero-order valence-corrected chi connectivity index (χ0v) is 10.4. The standard InChI is InChI=1S/C16H13N3/c1-2-7-15(8-3-1)19-16-13(12-17-19)6-4-9-14-10-5-11-18(14)16/h1-5,7-12H,6H2. The Kier molecular flexibility index (Phi) is 2.18. The van der Waals surface area contributed by atoms with Crippen LogP contribution in [-0.4, -0.2) is 14.3 Å². The lowest BCUT2D eigenvalue weighted by molar-refractivity contribution is 0.819. The summed E-state index contributed by atoms with van der Waals surface area (Å²) in [5.74, 6) is 1.14. The Morgan fingerprint density at radius 3 is 2.79 bits per heavy atom. The minimum Gasteiger partial charge on any atom is -0.302 e. The predicted molar refractivity (Wildman–Crippen MR) is 75.6 cm³/mol. The Hall–Kier alpha value is -2.55. The van der Waals surface area contributed by atoms with Gasteiger partial charge in [0, 0.05) is 17.5 Å². The van der Waals surface area contributed by atoms with Crippen molar-refractivity contribution in [3.63, 3.8) is 0 Å². The van der Waals surface area contributed by atoms with Crippen LogP contribution in [0.4, 0.5) is 0 Å². The molecular formula is C16H13N3. The van der Waals surface area contributed by atoms with E-state index in [0.717, 1.165) is 17.9 Å². The molecule has 3 heteroatoms. The molecule has 3 aromatic rings. The summed E-state index contributed by atoms with van der Waals surface area (Å²) in [5, 5.41) is 4.55. The second-order valence-electron chi connectivity index (χ2n) is 4.65. The summed E-state index contributed by atoms with van der Waals surface area (Å²) in [5.41, 5.74) is 3.52. The summed E-state index contributed by atoms with van der Waals surface area (Å²) >= 11 is 0. The van der Waals surface area contributed by atoms with Crippen LogP contribution in [-0.2, 0) is 6.42 Å². The van der Waals surface area contributed by atoms with Crippen LogP contribution in [0, 0.1) is 0 Å². The number of para-hydroxylation sites is 1. The maximum atomic E-state index is 4.55. The molecule has 0 atom stereocenters. The van der Waals surface area contributed by atoms with Crippen molar-refractivity contribution in [1.82, 2.24) is 14.3 Å². The van der Waals surface area contributed by atoms with Crippen molar-refractivity contribution in [3.8, 4) is 11.5 Å². The number of hydrogen-bond acceptors (Lipinski definition) is 1. The van der Waals surface area contributed by atoms with E-state index in [9.17, 15) is 0 Å². The molecule has 0 N–H and O–H groups in total. The first-order valence-electron chi connectivity index (χ1n) is 6.40. The highest BCUT2D eigenvalue weighted by Crippen LogP contribution is 2.25. The van der Waals surface area contributed by atoms with Crippen LogP contribution in [0.5, 0.6) is 0 Å². The molecule has 19 heavy (non-hydrogen) atoms. The van der Waals surface area contributed by atoms with Crippen LogP contribution in [0.15, 0.2) is 60.9 Å². The summed E-state index contributed by atoms with van der Waals surface area (Å²) in [6.45, 7) is 0. The zero-order valence-electron chi connectivity index (χ0n) is 10.4. The topological polar surface area (TPSA) is 22.8 Å². The Balaban J connectivity index is 1.99. The third kappa shape index (κ3) is 1.55. The van der Waals surface area contributed by atoms with Crippen LogP contribution in [0.25, 0.3) is 17.6 Å². The van der Waals surface area contributed by atoms with Crippen LogP contribution in [0.1, 0.15) is 11.3 Å². The minimum absolute atomic E-state index is 0.920. The third-order valence-corrected chi connectivity index (χ3v) is 3.45. The fraction of sp³-hybridized carbons (Fsp3) is 0.0625. The minimum atomic E-state index is 0.920. The molecule has 4 rings (SSSR count). The van der Waals surface area contributed by atoms with Gasteiger partial charge < -0.3 is 4.57 Å². The summed E-state index contributed by atoms with van der Waals surface area (Å²) in [7, 11) is 0. The van der Waals surface area contributed by atoms with Crippen molar-refractivity contribution >= 4 is 6.08 Å². The summed E-state index contributed by atoms with van der Waals surface area (Å²) in [6.07, 6.45) is 9.32. The smallest absolute Gasteiger partial charge is 0.144 e. The van der Waals surface area contributed by atoms with Gasteiger partial charge in [-0.05, 0) is 36.8 Å². The monoisotopic (exact) mass is 247 g/mol. The molecule has 0 fully saturated rings. The molecule has 0 aliphatic carbocycles. The van der Waals surface area contributed by atoms with Gasteiger partial charge in [0.1, 0.15) is 5.82 Å². The third-order valence-electron chi connectivity index (χ3n) is 3.45. The summed E-state index contributed by atoms with van der Waals surface area (Å²) in [6, 6.07) is 14.4. The SMILES string of the molecule is C1=Cc2cccn2-c2c(cnn2-c2ccccc2)C1. The van der Waals surface area contributed by atoms with Gasteiger partial charge >= 0.3 is 0 Å². The van der Waals surface area contributed by atoms with Gasteiger partial charge in [0.2, 0.25) is 0 Å². The number of fused-ring (bicyclic) bond motifs is 3. The molecule has 1 aliphatic heterocycles. The van der Waals surface area contributed by atoms with Crippen molar-refractivity contribution in [3.05, 3.63) is 72.2 Å². The van der Waals surface area contributed by atoms with Crippen molar-refractivity contribution in [1.29, 1.82) is 0 Å². The highest BCUT2D eigenvalue weighted by molar-refractivity contribution is 5.56. The molecule has 0 amide bonds. The molecule has 3 heterocycles. The van der Waals surface area contributed by atoms with E-state index >= 15 is 0 Å². The number of aromatic nitrogens is 3. The fourth-order valence-corrected chi connectivity index (χ4v) is 2.56. The lowest BCUT2D eigenvalue weighted by atomic mass is 10.2. The van der Waals surface area contributed by atoms with E-state index in [0.29, 0.717) is 0 Å². The number of rotatable bonds is 1. The highest BCUT2D eigenvalue weighted by atomic mass is 15.3. The van der Waals surface area contributed by atoms with E-state index in [1.165, 1.54) is 11.3 Å². The number of allylic oxidation sites excluding steroid dienone is 1. The first kappa shape index (κ1) is 10.4. The first-order valence-corrected chi connectivity index (χ1v) is 6.40. The normalized spacial score (nSPS) is 12.8. The Bertz CT molecular complexity index is 747. The van der Waals surface area contributed by atoms with Gasteiger partial charge in [-0.15, -0.1) is 0 Å². The molecule has 0 spiro atoms. The maximum Gasteiger partial charge on any atom is 0.144 e. The van der Waals surface area contributed by atoms with Gasteiger partial charge in [0.15, 0.2) is 0 Å². The van der Waals surface area contributed by atoms with Crippen molar-refractivity contribution in [2.24, 2.45) is 0 Å². The van der Waals surface area contributed by atoms with Crippen LogP contribution in [0.3, 0.4) is 0 Å².